The Morgan fingerprint density at radius 3 is 2.55 bits per heavy atom. The Bertz CT molecular complexity index is 588. The third-order valence-electron chi connectivity index (χ3n) is 4.33. The molecule has 1 N–H and O–H groups in total. The lowest BCUT2D eigenvalue weighted by Crippen LogP contribution is -2.25. The second-order valence-electron chi connectivity index (χ2n) is 5.95. The van der Waals surface area contributed by atoms with E-state index in [0.29, 0.717) is 6.04 Å². The van der Waals surface area contributed by atoms with Crippen molar-refractivity contribution in [3.05, 3.63) is 41.9 Å². The number of para-hydroxylation sites is 1. The molecule has 0 aliphatic heterocycles. The quantitative estimate of drug-likeness (QED) is 0.896. The molecule has 20 heavy (non-hydrogen) atoms. The Labute approximate surface area is 124 Å². The van der Waals surface area contributed by atoms with E-state index in [4.69, 9.17) is 11.6 Å². The van der Waals surface area contributed by atoms with E-state index >= 15 is 0 Å². The summed E-state index contributed by atoms with van der Waals surface area (Å²) < 4.78 is 1.99. The zero-order valence-corrected chi connectivity index (χ0v) is 12.1. The molecule has 3 nitrogen and oxygen atoms in total. The van der Waals surface area contributed by atoms with Gasteiger partial charge in [0.2, 0.25) is 0 Å². The lowest BCUT2D eigenvalue weighted by molar-refractivity contribution is 0.567. The minimum atomic E-state index is 0.621. The van der Waals surface area contributed by atoms with Gasteiger partial charge in [0.1, 0.15) is 0 Å². The Balaban J connectivity index is 1.68. The second kappa shape index (κ2) is 4.81. The van der Waals surface area contributed by atoms with E-state index in [0.717, 1.165) is 28.2 Å². The van der Waals surface area contributed by atoms with E-state index in [-0.39, 0.29) is 0 Å². The van der Waals surface area contributed by atoms with Crippen LogP contribution in [-0.4, -0.2) is 15.6 Å². The van der Waals surface area contributed by atoms with Crippen molar-refractivity contribution in [3.63, 3.8) is 0 Å². The van der Waals surface area contributed by atoms with Crippen LogP contribution in [0.5, 0.6) is 0 Å². The van der Waals surface area contributed by atoms with Crippen LogP contribution in [0.1, 0.15) is 25.7 Å². The molecule has 2 aromatic rings. The maximum Gasteiger partial charge on any atom is 0.0992 e. The molecule has 2 saturated carbocycles. The van der Waals surface area contributed by atoms with Crippen LogP contribution in [0, 0.1) is 11.8 Å². The van der Waals surface area contributed by atoms with Gasteiger partial charge in [-0.25, -0.2) is 4.98 Å². The molecule has 2 aliphatic rings. The molecule has 0 saturated heterocycles. The highest BCUT2D eigenvalue weighted by molar-refractivity contribution is 6.33. The smallest absolute Gasteiger partial charge is 0.0992 e. The fourth-order valence-corrected chi connectivity index (χ4v) is 3.27. The number of rotatable bonds is 5. The summed E-state index contributed by atoms with van der Waals surface area (Å²) in [7, 11) is 0. The number of imidazole rings is 1. The number of aromatic nitrogens is 2. The minimum Gasteiger partial charge on any atom is -0.380 e. The Morgan fingerprint density at radius 2 is 1.95 bits per heavy atom. The topological polar surface area (TPSA) is 29.9 Å². The van der Waals surface area contributed by atoms with Gasteiger partial charge in [-0.05, 0) is 49.7 Å². The van der Waals surface area contributed by atoms with Gasteiger partial charge in [0.15, 0.2) is 0 Å². The third-order valence-corrected chi connectivity index (χ3v) is 4.64. The summed E-state index contributed by atoms with van der Waals surface area (Å²) in [6.07, 6.45) is 11.0. The molecule has 0 unspecified atom stereocenters. The van der Waals surface area contributed by atoms with Crippen LogP contribution in [0.15, 0.2) is 36.9 Å². The van der Waals surface area contributed by atoms with Crippen molar-refractivity contribution in [1.29, 1.82) is 0 Å². The monoisotopic (exact) mass is 287 g/mol. The maximum absolute atomic E-state index is 6.41. The zero-order chi connectivity index (χ0) is 13.5. The maximum atomic E-state index is 6.41. The molecule has 1 aromatic heterocycles. The van der Waals surface area contributed by atoms with Gasteiger partial charge in [-0.1, -0.05) is 17.7 Å². The van der Waals surface area contributed by atoms with Gasteiger partial charge in [-0.15, -0.1) is 0 Å². The summed E-state index contributed by atoms with van der Waals surface area (Å²) >= 11 is 6.41. The number of hydrogen-bond acceptors (Lipinski definition) is 2. The number of benzene rings is 1. The lowest BCUT2D eigenvalue weighted by Gasteiger charge is -2.22. The van der Waals surface area contributed by atoms with Gasteiger partial charge < -0.3 is 9.88 Å². The predicted molar refractivity (Wildman–Crippen MR) is 81.4 cm³/mol. The highest BCUT2D eigenvalue weighted by Gasteiger charge is 2.41. The first-order chi connectivity index (χ1) is 9.83. The minimum absolute atomic E-state index is 0.621. The van der Waals surface area contributed by atoms with Crippen LogP contribution in [0.4, 0.5) is 5.69 Å². The fourth-order valence-electron chi connectivity index (χ4n) is 3.00. The lowest BCUT2D eigenvalue weighted by atomic mass is 10.1. The van der Waals surface area contributed by atoms with Crippen LogP contribution < -0.4 is 5.32 Å². The second-order valence-corrected chi connectivity index (χ2v) is 6.36. The SMILES string of the molecule is Clc1cccc(NC(C2CC2)C2CC2)c1-n1ccnc1. The van der Waals surface area contributed by atoms with E-state index in [1.54, 1.807) is 12.5 Å². The Kier molecular flexibility index (Phi) is 2.95. The highest BCUT2D eigenvalue weighted by atomic mass is 35.5. The summed E-state index contributed by atoms with van der Waals surface area (Å²) in [4.78, 5) is 4.13. The van der Waals surface area contributed by atoms with E-state index < -0.39 is 0 Å². The molecule has 0 radical (unpaired) electrons. The average Bonchev–Trinajstić information content (AvgIpc) is 3.37. The highest BCUT2D eigenvalue weighted by Crippen LogP contribution is 2.46. The van der Waals surface area contributed by atoms with Crippen LogP contribution >= 0.6 is 11.6 Å². The number of nitrogens with one attached hydrogen (secondary N) is 1. The molecule has 0 atom stereocenters. The van der Waals surface area contributed by atoms with Crippen molar-refractivity contribution in [1.82, 2.24) is 9.55 Å². The summed E-state index contributed by atoms with van der Waals surface area (Å²) in [5.41, 5.74) is 2.14. The molecule has 1 aromatic carbocycles. The van der Waals surface area contributed by atoms with E-state index in [9.17, 15) is 0 Å². The van der Waals surface area contributed by atoms with Crippen molar-refractivity contribution < 1.29 is 0 Å². The first kappa shape index (κ1) is 12.3. The number of nitrogens with zero attached hydrogens (tertiary/aromatic N) is 2. The van der Waals surface area contributed by atoms with Gasteiger partial charge in [0, 0.05) is 18.4 Å². The summed E-state index contributed by atoms with van der Waals surface area (Å²) in [5.74, 6) is 1.72. The molecule has 4 heteroatoms. The van der Waals surface area contributed by atoms with Crippen molar-refractivity contribution in [2.75, 3.05) is 5.32 Å². The van der Waals surface area contributed by atoms with Gasteiger partial charge in [-0.3, -0.25) is 0 Å². The number of anilines is 1. The molecule has 1 heterocycles. The Morgan fingerprint density at radius 1 is 1.20 bits per heavy atom. The van der Waals surface area contributed by atoms with Crippen LogP contribution in [-0.2, 0) is 0 Å². The molecular weight excluding hydrogens is 270 g/mol. The fraction of sp³-hybridized carbons (Fsp3) is 0.438. The van der Waals surface area contributed by atoms with Crippen LogP contribution in [0.2, 0.25) is 5.02 Å². The molecular formula is C16H18ClN3. The molecule has 104 valence electrons. The summed E-state index contributed by atoms with van der Waals surface area (Å²) in [5, 5.41) is 4.53. The van der Waals surface area contributed by atoms with Gasteiger partial charge >= 0.3 is 0 Å². The van der Waals surface area contributed by atoms with E-state index in [1.807, 2.05) is 22.9 Å². The van der Waals surface area contributed by atoms with Crippen molar-refractivity contribution in [2.24, 2.45) is 11.8 Å². The van der Waals surface area contributed by atoms with E-state index in [2.05, 4.69) is 16.4 Å². The van der Waals surface area contributed by atoms with Crippen molar-refractivity contribution in [3.8, 4) is 5.69 Å². The average molecular weight is 288 g/mol. The molecule has 2 aliphatic carbocycles. The van der Waals surface area contributed by atoms with E-state index in [1.165, 1.54) is 25.7 Å². The van der Waals surface area contributed by atoms with Crippen LogP contribution in [0.3, 0.4) is 0 Å². The molecule has 0 bridgehead atoms. The normalized spacial score (nSPS) is 18.5. The number of halogens is 1. The van der Waals surface area contributed by atoms with Gasteiger partial charge in [-0.2, -0.15) is 0 Å². The summed E-state index contributed by atoms with van der Waals surface area (Å²) in [6, 6.07) is 6.70. The summed E-state index contributed by atoms with van der Waals surface area (Å²) in [6.45, 7) is 0. The van der Waals surface area contributed by atoms with Gasteiger partial charge in [0.05, 0.1) is 22.7 Å². The largest absolute Gasteiger partial charge is 0.380 e. The molecule has 0 amide bonds. The first-order valence-electron chi connectivity index (χ1n) is 7.36. The third kappa shape index (κ3) is 2.31. The van der Waals surface area contributed by atoms with Gasteiger partial charge in [0.25, 0.3) is 0 Å². The van der Waals surface area contributed by atoms with Crippen molar-refractivity contribution in [2.45, 2.75) is 31.7 Å². The standard InChI is InChI=1S/C16H18ClN3/c17-13-2-1-3-14(16(13)20-9-8-18-10-20)19-15(11-4-5-11)12-6-7-12/h1-3,8-12,15,19H,4-7H2. The molecule has 2 fully saturated rings. The molecule has 0 spiro atoms. The Hall–Kier alpha value is -1.48. The molecule has 4 rings (SSSR count). The first-order valence-corrected chi connectivity index (χ1v) is 7.74. The predicted octanol–water partition coefficient (Wildman–Crippen LogP) is 4.13. The van der Waals surface area contributed by atoms with Crippen molar-refractivity contribution >= 4 is 17.3 Å². The van der Waals surface area contributed by atoms with Crippen LogP contribution in [0.25, 0.3) is 5.69 Å². The zero-order valence-electron chi connectivity index (χ0n) is 11.3. The number of hydrogen-bond donors (Lipinski definition) is 1.